The van der Waals surface area contributed by atoms with Crippen molar-refractivity contribution in [3.8, 4) is 6.07 Å². The zero-order valence-electron chi connectivity index (χ0n) is 10.7. The summed E-state index contributed by atoms with van der Waals surface area (Å²) >= 11 is 0. The molecule has 0 amide bonds. The van der Waals surface area contributed by atoms with Gasteiger partial charge in [-0.05, 0) is 18.2 Å². The topological polar surface area (TPSA) is 148 Å². The number of nitriles is 1. The average Bonchev–Trinajstić information content (AvgIpc) is 2.47. The molecule has 0 spiro atoms. The Bertz CT molecular complexity index is 806. The second-order valence-electron chi connectivity index (χ2n) is 4.00. The van der Waals surface area contributed by atoms with Crippen LogP contribution in [0.1, 0.15) is 10.4 Å². The van der Waals surface area contributed by atoms with E-state index in [2.05, 4.69) is 15.5 Å². The van der Waals surface area contributed by atoms with Crippen molar-refractivity contribution in [2.45, 2.75) is 0 Å². The first kappa shape index (κ1) is 14.0. The van der Waals surface area contributed by atoms with E-state index in [0.717, 1.165) is 0 Å². The molecule has 104 valence electrons. The van der Waals surface area contributed by atoms with E-state index in [9.17, 15) is 4.79 Å². The predicted molar refractivity (Wildman–Crippen MR) is 77.3 cm³/mol. The highest BCUT2D eigenvalue weighted by atomic mass is 16.4. The van der Waals surface area contributed by atoms with Crippen LogP contribution in [0, 0.1) is 16.7 Å². The maximum absolute atomic E-state index is 11.0. The molecule has 0 bridgehead atoms. The standard InChI is InChI=1S/C13H10N6O2/c14-5-11(12(15)16)19-18-10-3-1-2-9-8(10)4-7(6-17-9)13(20)21/h1-4,6,18H,(H3,15,16)(H,20,21)/b19-11+. The highest BCUT2D eigenvalue weighted by Crippen LogP contribution is 2.23. The highest BCUT2D eigenvalue weighted by Gasteiger charge is 2.08. The first-order valence-corrected chi connectivity index (χ1v) is 5.73. The van der Waals surface area contributed by atoms with E-state index in [1.165, 1.54) is 12.3 Å². The van der Waals surface area contributed by atoms with Gasteiger partial charge >= 0.3 is 5.97 Å². The quantitative estimate of drug-likeness (QED) is 0.375. The van der Waals surface area contributed by atoms with E-state index in [1.54, 1.807) is 24.3 Å². The second kappa shape index (κ2) is 5.66. The first-order chi connectivity index (χ1) is 10.0. The van der Waals surface area contributed by atoms with E-state index in [4.69, 9.17) is 21.5 Å². The van der Waals surface area contributed by atoms with Gasteiger partial charge in [-0.25, -0.2) is 4.79 Å². The molecule has 0 saturated heterocycles. The summed E-state index contributed by atoms with van der Waals surface area (Å²) in [5.74, 6) is -1.56. The molecule has 0 aliphatic rings. The summed E-state index contributed by atoms with van der Waals surface area (Å²) in [6.07, 6.45) is 1.26. The number of hydrogen-bond donors (Lipinski definition) is 4. The van der Waals surface area contributed by atoms with E-state index >= 15 is 0 Å². The number of carboxylic acid groups (broad SMARTS) is 1. The number of nitrogens with zero attached hydrogens (tertiary/aromatic N) is 3. The molecule has 0 radical (unpaired) electrons. The van der Waals surface area contributed by atoms with Crippen molar-refractivity contribution in [1.29, 1.82) is 10.7 Å². The number of anilines is 1. The lowest BCUT2D eigenvalue weighted by Crippen LogP contribution is -2.21. The molecular formula is C13H10N6O2. The Kier molecular flexibility index (Phi) is 3.76. The largest absolute Gasteiger partial charge is 0.478 e. The molecule has 0 aliphatic carbocycles. The van der Waals surface area contributed by atoms with Gasteiger partial charge in [-0.15, -0.1) is 0 Å². The van der Waals surface area contributed by atoms with Crippen LogP contribution in [0.4, 0.5) is 5.69 Å². The summed E-state index contributed by atoms with van der Waals surface area (Å²) in [4.78, 5) is 15.0. The molecule has 1 aromatic heterocycles. The highest BCUT2D eigenvalue weighted by molar-refractivity contribution is 6.45. The van der Waals surface area contributed by atoms with Crippen LogP contribution in [0.25, 0.3) is 10.9 Å². The minimum atomic E-state index is -1.09. The zero-order valence-corrected chi connectivity index (χ0v) is 10.7. The van der Waals surface area contributed by atoms with Crippen LogP contribution >= 0.6 is 0 Å². The molecule has 2 rings (SSSR count). The fourth-order valence-electron chi connectivity index (χ4n) is 1.63. The van der Waals surface area contributed by atoms with Gasteiger partial charge in [0.25, 0.3) is 0 Å². The minimum Gasteiger partial charge on any atom is -0.478 e. The molecule has 8 nitrogen and oxygen atoms in total. The van der Waals surface area contributed by atoms with Crippen LogP contribution < -0.4 is 11.2 Å². The summed E-state index contributed by atoms with van der Waals surface area (Å²) in [5, 5.41) is 29.2. The summed E-state index contributed by atoms with van der Waals surface area (Å²) in [6.45, 7) is 0. The molecule has 1 aromatic carbocycles. The molecule has 21 heavy (non-hydrogen) atoms. The van der Waals surface area contributed by atoms with E-state index < -0.39 is 11.8 Å². The Hall–Kier alpha value is -3.47. The van der Waals surface area contributed by atoms with Crippen LogP contribution in [-0.2, 0) is 0 Å². The number of hydrazone groups is 1. The van der Waals surface area contributed by atoms with Crippen molar-refractivity contribution in [3.63, 3.8) is 0 Å². The van der Waals surface area contributed by atoms with Crippen LogP contribution in [0.5, 0.6) is 0 Å². The van der Waals surface area contributed by atoms with Crippen LogP contribution in [0.3, 0.4) is 0 Å². The number of nitrogens with two attached hydrogens (primary N) is 1. The Morgan fingerprint density at radius 3 is 2.90 bits per heavy atom. The van der Waals surface area contributed by atoms with Gasteiger partial charge in [0.2, 0.25) is 5.71 Å². The lowest BCUT2D eigenvalue weighted by molar-refractivity contribution is 0.0696. The fraction of sp³-hybridized carbons (Fsp3) is 0. The maximum atomic E-state index is 11.0. The number of fused-ring (bicyclic) bond motifs is 1. The first-order valence-electron chi connectivity index (χ1n) is 5.73. The summed E-state index contributed by atoms with van der Waals surface area (Å²) in [6, 6.07) is 8.19. The molecule has 2 aromatic rings. The van der Waals surface area contributed by atoms with Crippen molar-refractivity contribution in [3.05, 3.63) is 36.0 Å². The molecule has 5 N–H and O–H groups in total. The van der Waals surface area contributed by atoms with Gasteiger partial charge < -0.3 is 10.8 Å². The van der Waals surface area contributed by atoms with Gasteiger partial charge in [0.15, 0.2) is 5.84 Å². The Balaban J connectivity index is 2.49. The average molecular weight is 282 g/mol. The molecule has 8 heteroatoms. The Morgan fingerprint density at radius 1 is 1.52 bits per heavy atom. The number of nitrogens with one attached hydrogen (secondary N) is 2. The van der Waals surface area contributed by atoms with Gasteiger partial charge in [0.1, 0.15) is 6.07 Å². The smallest absolute Gasteiger partial charge is 0.337 e. The number of rotatable bonds is 4. The molecule has 0 fully saturated rings. The SMILES string of the molecule is N#C/C(=N\Nc1cccc2ncc(C(=O)O)cc12)C(=N)N. The minimum absolute atomic E-state index is 0.0350. The van der Waals surface area contributed by atoms with Crippen molar-refractivity contribution < 1.29 is 9.90 Å². The number of hydrogen-bond acceptors (Lipinski definition) is 6. The van der Waals surface area contributed by atoms with Crippen molar-refractivity contribution in [2.75, 3.05) is 5.43 Å². The summed E-state index contributed by atoms with van der Waals surface area (Å²) in [5.41, 5.74) is 8.58. The van der Waals surface area contributed by atoms with E-state index in [1.807, 2.05) is 0 Å². The van der Waals surface area contributed by atoms with Crippen molar-refractivity contribution in [2.24, 2.45) is 10.8 Å². The lowest BCUT2D eigenvalue weighted by atomic mass is 10.1. The molecule has 0 aliphatic heterocycles. The van der Waals surface area contributed by atoms with E-state index in [0.29, 0.717) is 16.6 Å². The summed E-state index contributed by atoms with van der Waals surface area (Å²) in [7, 11) is 0. The molecule has 0 saturated carbocycles. The number of carboxylic acids is 1. The van der Waals surface area contributed by atoms with Gasteiger partial charge in [0, 0.05) is 11.6 Å². The third-order valence-corrected chi connectivity index (χ3v) is 2.62. The summed E-state index contributed by atoms with van der Waals surface area (Å²) < 4.78 is 0. The molecule has 1 heterocycles. The van der Waals surface area contributed by atoms with Crippen molar-refractivity contribution >= 4 is 34.1 Å². The van der Waals surface area contributed by atoms with Gasteiger partial charge in [-0.3, -0.25) is 15.8 Å². The van der Waals surface area contributed by atoms with E-state index in [-0.39, 0.29) is 11.3 Å². The number of amidine groups is 1. The molecular weight excluding hydrogens is 272 g/mol. The van der Waals surface area contributed by atoms with Gasteiger partial charge in [-0.1, -0.05) is 6.07 Å². The zero-order chi connectivity index (χ0) is 15.4. The number of carbonyl (C=O) groups is 1. The van der Waals surface area contributed by atoms with Crippen LogP contribution in [0.15, 0.2) is 35.6 Å². The number of aromatic carboxylic acids is 1. The molecule has 0 atom stereocenters. The Labute approximate surface area is 119 Å². The Morgan fingerprint density at radius 2 is 2.29 bits per heavy atom. The number of pyridine rings is 1. The monoisotopic (exact) mass is 282 g/mol. The van der Waals surface area contributed by atoms with Gasteiger partial charge in [0.05, 0.1) is 16.8 Å². The third-order valence-electron chi connectivity index (χ3n) is 2.62. The predicted octanol–water partition coefficient (Wildman–Crippen LogP) is 1.16. The maximum Gasteiger partial charge on any atom is 0.337 e. The normalized spacial score (nSPS) is 10.9. The molecule has 0 unspecified atom stereocenters. The lowest BCUT2D eigenvalue weighted by Gasteiger charge is -2.06. The number of benzene rings is 1. The van der Waals surface area contributed by atoms with Gasteiger partial charge in [-0.2, -0.15) is 10.4 Å². The fourth-order valence-corrected chi connectivity index (χ4v) is 1.63. The van der Waals surface area contributed by atoms with Crippen molar-refractivity contribution in [1.82, 2.24) is 4.98 Å². The van der Waals surface area contributed by atoms with Crippen LogP contribution in [-0.4, -0.2) is 27.6 Å². The number of aromatic nitrogens is 1. The van der Waals surface area contributed by atoms with Crippen LogP contribution in [0.2, 0.25) is 0 Å². The third kappa shape index (κ3) is 2.93. The second-order valence-corrected chi connectivity index (χ2v) is 4.00.